The molecule has 0 unspecified atom stereocenters. The summed E-state index contributed by atoms with van der Waals surface area (Å²) in [5, 5.41) is 1.79. The molecule has 1 aromatic rings. The molecule has 2 atom stereocenters. The van der Waals surface area contributed by atoms with Gasteiger partial charge in [-0.25, -0.2) is 8.42 Å². The number of nitrogens with one attached hydrogen (secondary N) is 1. The van der Waals surface area contributed by atoms with Crippen molar-refractivity contribution in [1.82, 2.24) is 9.62 Å². The minimum Gasteiger partial charge on any atom is -0.363 e. The van der Waals surface area contributed by atoms with Crippen molar-refractivity contribution in [3.63, 3.8) is 0 Å². The van der Waals surface area contributed by atoms with E-state index < -0.39 is 34.4 Å². The molecule has 1 saturated heterocycles. The minimum atomic E-state index is -5.04. The summed E-state index contributed by atoms with van der Waals surface area (Å²) in [5.74, 6) is -2.12. The highest BCUT2D eigenvalue weighted by Crippen LogP contribution is 2.28. The van der Waals surface area contributed by atoms with Gasteiger partial charge < -0.3 is 10.1 Å². The van der Waals surface area contributed by atoms with E-state index in [1.807, 2.05) is 0 Å². The minimum absolute atomic E-state index is 0.0120. The quantitative estimate of drug-likeness (QED) is 0.874. The van der Waals surface area contributed by atoms with Gasteiger partial charge in [0.05, 0.1) is 10.9 Å². The highest BCUT2D eigenvalue weighted by molar-refractivity contribution is 7.89. The molecule has 0 radical (unpaired) electrons. The lowest BCUT2D eigenvalue weighted by Gasteiger charge is -2.27. The summed E-state index contributed by atoms with van der Waals surface area (Å²) in [6.45, 7) is 1.74. The Hall–Kier alpha value is -1.65. The molecule has 1 aliphatic heterocycles. The number of hydrogen-bond donors (Lipinski definition) is 1. The second kappa shape index (κ2) is 6.69. The van der Waals surface area contributed by atoms with Crippen LogP contribution in [0.2, 0.25) is 0 Å². The largest absolute Gasteiger partial charge is 0.471 e. The molecule has 0 bridgehead atoms. The molecule has 1 aromatic carbocycles. The van der Waals surface area contributed by atoms with E-state index in [1.165, 1.54) is 19.2 Å². The fourth-order valence-electron chi connectivity index (χ4n) is 2.51. The second-order valence-corrected chi connectivity index (χ2v) is 7.31. The van der Waals surface area contributed by atoms with Crippen LogP contribution in [0.15, 0.2) is 29.2 Å². The number of benzene rings is 1. The van der Waals surface area contributed by atoms with Crippen molar-refractivity contribution < 1.29 is 31.1 Å². The van der Waals surface area contributed by atoms with Crippen LogP contribution in [0, 0.1) is 6.92 Å². The molecule has 0 spiro atoms. The molecule has 24 heavy (non-hydrogen) atoms. The van der Waals surface area contributed by atoms with E-state index >= 15 is 0 Å². The molecule has 1 heterocycles. The van der Waals surface area contributed by atoms with E-state index in [1.54, 1.807) is 24.4 Å². The number of alkyl halides is 3. The van der Waals surface area contributed by atoms with E-state index in [0.29, 0.717) is 0 Å². The number of aryl methyl sites for hydroxylation is 1. The van der Waals surface area contributed by atoms with Crippen LogP contribution in [0.25, 0.3) is 0 Å². The zero-order chi connectivity index (χ0) is 18.1. The van der Waals surface area contributed by atoms with Crippen molar-refractivity contribution in [1.29, 1.82) is 0 Å². The number of carbonyl (C=O) groups is 1. The van der Waals surface area contributed by atoms with E-state index in [-0.39, 0.29) is 17.9 Å². The van der Waals surface area contributed by atoms with E-state index in [2.05, 4.69) is 0 Å². The third kappa shape index (κ3) is 3.70. The number of ether oxygens (including phenoxy) is 1. The predicted molar refractivity (Wildman–Crippen MR) is 78.5 cm³/mol. The second-order valence-electron chi connectivity index (χ2n) is 5.42. The number of rotatable bonds is 4. The van der Waals surface area contributed by atoms with Gasteiger partial charge in [0.2, 0.25) is 10.0 Å². The average molecular weight is 366 g/mol. The van der Waals surface area contributed by atoms with Gasteiger partial charge in [-0.15, -0.1) is 0 Å². The van der Waals surface area contributed by atoms with Crippen molar-refractivity contribution in [3.05, 3.63) is 29.8 Å². The number of methoxy groups -OCH3 is 1. The maximum atomic E-state index is 12.7. The standard InChI is InChI=1S/C14H17F3N2O4S/c1-9-3-5-10(6-4-9)24(21,22)19-8-7-11(12(19)23-2)18-13(20)14(15,16)17/h3-6,11-12H,7-8H2,1-2H3,(H,18,20)/t11-,12+/m0/s1. The van der Waals surface area contributed by atoms with Gasteiger partial charge in [-0.2, -0.15) is 17.5 Å². The normalized spacial score (nSPS) is 22.5. The number of carbonyl (C=O) groups excluding carboxylic acids is 1. The van der Waals surface area contributed by atoms with Gasteiger partial charge in [-0.1, -0.05) is 17.7 Å². The Bertz CT molecular complexity index is 704. The summed E-state index contributed by atoms with van der Waals surface area (Å²) in [4.78, 5) is 11.1. The Morgan fingerprint density at radius 3 is 2.38 bits per heavy atom. The maximum Gasteiger partial charge on any atom is 0.471 e. The average Bonchev–Trinajstić information content (AvgIpc) is 2.90. The number of nitrogens with zero attached hydrogens (tertiary/aromatic N) is 1. The number of sulfonamides is 1. The van der Waals surface area contributed by atoms with Crippen molar-refractivity contribution >= 4 is 15.9 Å². The lowest BCUT2D eigenvalue weighted by molar-refractivity contribution is -0.175. The van der Waals surface area contributed by atoms with Gasteiger partial charge >= 0.3 is 12.1 Å². The van der Waals surface area contributed by atoms with Gasteiger partial charge in [-0.3, -0.25) is 4.79 Å². The number of amides is 1. The number of halogens is 3. The van der Waals surface area contributed by atoms with Gasteiger partial charge in [0.15, 0.2) is 0 Å². The molecule has 0 saturated carbocycles. The molecule has 2 rings (SSSR count). The first kappa shape index (κ1) is 18.7. The highest BCUT2D eigenvalue weighted by atomic mass is 32.2. The Morgan fingerprint density at radius 2 is 1.88 bits per heavy atom. The third-order valence-electron chi connectivity index (χ3n) is 3.73. The van der Waals surface area contributed by atoms with Crippen LogP contribution in [-0.2, 0) is 19.6 Å². The van der Waals surface area contributed by atoms with Crippen LogP contribution < -0.4 is 5.32 Å². The molecule has 0 aliphatic carbocycles. The van der Waals surface area contributed by atoms with E-state index in [0.717, 1.165) is 9.87 Å². The molecule has 1 amide bonds. The zero-order valence-electron chi connectivity index (χ0n) is 13.0. The summed E-state index contributed by atoms with van der Waals surface area (Å²) in [7, 11) is -2.76. The van der Waals surface area contributed by atoms with Crippen molar-refractivity contribution in [3.8, 4) is 0 Å². The van der Waals surface area contributed by atoms with Crippen LogP contribution in [0.3, 0.4) is 0 Å². The van der Waals surface area contributed by atoms with Crippen LogP contribution in [0.4, 0.5) is 13.2 Å². The molecule has 6 nitrogen and oxygen atoms in total. The van der Waals surface area contributed by atoms with Crippen LogP contribution in [0.1, 0.15) is 12.0 Å². The molecular formula is C14H17F3N2O4S. The first-order chi connectivity index (χ1) is 11.1. The Kier molecular flexibility index (Phi) is 5.21. The fraction of sp³-hybridized carbons (Fsp3) is 0.500. The number of hydrogen-bond acceptors (Lipinski definition) is 4. The molecule has 1 fully saturated rings. The molecule has 1 aliphatic rings. The summed E-state index contributed by atoms with van der Waals surface area (Å²) in [6.07, 6.45) is -6.23. The Morgan fingerprint density at radius 1 is 1.29 bits per heavy atom. The lowest BCUT2D eigenvalue weighted by atomic mass is 10.2. The predicted octanol–water partition coefficient (Wildman–Crippen LogP) is 1.41. The van der Waals surface area contributed by atoms with Gasteiger partial charge in [0.1, 0.15) is 6.23 Å². The van der Waals surface area contributed by atoms with Crippen LogP contribution >= 0.6 is 0 Å². The van der Waals surface area contributed by atoms with E-state index in [4.69, 9.17) is 4.74 Å². The topological polar surface area (TPSA) is 75.7 Å². The Labute approximate surface area is 137 Å². The maximum absolute atomic E-state index is 12.7. The summed E-state index contributed by atoms with van der Waals surface area (Å²) < 4.78 is 68.5. The third-order valence-corrected chi connectivity index (χ3v) is 5.61. The molecule has 0 aromatic heterocycles. The summed E-state index contributed by atoms with van der Waals surface area (Å²) >= 11 is 0. The molecule has 134 valence electrons. The van der Waals surface area contributed by atoms with Crippen molar-refractivity contribution in [2.75, 3.05) is 13.7 Å². The van der Waals surface area contributed by atoms with Gasteiger partial charge in [-0.05, 0) is 25.5 Å². The molecular weight excluding hydrogens is 349 g/mol. The SMILES string of the molecule is CO[C@@H]1[C@@H](NC(=O)C(F)(F)F)CCN1S(=O)(=O)c1ccc(C)cc1. The zero-order valence-corrected chi connectivity index (χ0v) is 13.8. The first-order valence-corrected chi connectivity index (χ1v) is 8.50. The van der Waals surface area contributed by atoms with Crippen LogP contribution in [-0.4, -0.2) is 50.7 Å². The Balaban J connectivity index is 2.22. The molecule has 1 N–H and O–H groups in total. The fourth-order valence-corrected chi connectivity index (χ4v) is 4.12. The van der Waals surface area contributed by atoms with Gasteiger partial charge in [0.25, 0.3) is 0 Å². The summed E-state index contributed by atoms with van der Waals surface area (Å²) in [5.41, 5.74) is 0.869. The van der Waals surface area contributed by atoms with Gasteiger partial charge in [0, 0.05) is 13.7 Å². The van der Waals surface area contributed by atoms with Crippen LogP contribution in [0.5, 0.6) is 0 Å². The van der Waals surface area contributed by atoms with Crippen molar-refractivity contribution in [2.24, 2.45) is 0 Å². The highest BCUT2D eigenvalue weighted by Gasteiger charge is 2.46. The smallest absolute Gasteiger partial charge is 0.363 e. The van der Waals surface area contributed by atoms with Crippen molar-refractivity contribution in [2.45, 2.75) is 36.7 Å². The molecule has 10 heteroatoms. The summed E-state index contributed by atoms with van der Waals surface area (Å²) in [6, 6.07) is 4.99. The lowest BCUT2D eigenvalue weighted by Crippen LogP contribution is -2.50. The monoisotopic (exact) mass is 366 g/mol. The van der Waals surface area contributed by atoms with E-state index in [9.17, 15) is 26.4 Å². The first-order valence-electron chi connectivity index (χ1n) is 7.06.